The summed E-state index contributed by atoms with van der Waals surface area (Å²) in [4.78, 5) is 0. The highest BCUT2D eigenvalue weighted by Gasteiger charge is 2.67. The summed E-state index contributed by atoms with van der Waals surface area (Å²) in [7, 11) is -0.129. The largest absolute Gasteiger partial charge is 0.539 e. The Bertz CT molecular complexity index is 638. The van der Waals surface area contributed by atoms with E-state index in [0.29, 0.717) is 0 Å². The molecule has 0 aliphatic carbocycles. The molecule has 7 heteroatoms. The predicted molar refractivity (Wildman–Crippen MR) is 126 cm³/mol. The molecule has 5 nitrogen and oxygen atoms in total. The molecule has 0 saturated heterocycles. The first kappa shape index (κ1) is 26.4. The molecule has 0 aliphatic rings. The maximum atomic E-state index is 10.5. The zero-order valence-electron chi connectivity index (χ0n) is 20.5. The van der Waals surface area contributed by atoms with E-state index in [9.17, 15) is 5.11 Å². The summed E-state index contributed by atoms with van der Waals surface area (Å²) in [6.45, 7) is 20.8. The van der Waals surface area contributed by atoms with Gasteiger partial charge in [0.25, 0.3) is 0 Å². The number of rotatable bonds is 7. The second kappa shape index (κ2) is 8.84. The number of hydrogen-bond acceptors (Lipinski definition) is 5. The van der Waals surface area contributed by atoms with Crippen molar-refractivity contribution in [2.45, 2.75) is 77.8 Å². The van der Waals surface area contributed by atoms with Crippen molar-refractivity contribution in [3.05, 3.63) is 18.2 Å². The number of phenols is 1. The van der Waals surface area contributed by atoms with Crippen LogP contribution in [0.5, 0.6) is 11.5 Å². The van der Waals surface area contributed by atoms with Crippen LogP contribution < -0.4 is 10.0 Å². The van der Waals surface area contributed by atoms with E-state index in [2.05, 4.69) is 62.3 Å². The SMILES string of the molecule is CO[Si](COc1ccc(O)cc1[P+](C(C)(C)C)(C(C)(C)C)C(C)(C)C)(OC)OC. The minimum atomic E-state index is -2.91. The molecule has 0 fully saturated rings. The van der Waals surface area contributed by atoms with Gasteiger partial charge in [-0.15, -0.1) is 0 Å². The summed E-state index contributed by atoms with van der Waals surface area (Å²) in [5.74, 6) is 1.02. The molecule has 0 heterocycles. The number of hydrogen-bond donors (Lipinski definition) is 1. The van der Waals surface area contributed by atoms with E-state index in [0.717, 1.165) is 11.1 Å². The molecule has 0 atom stereocenters. The van der Waals surface area contributed by atoms with E-state index in [1.165, 1.54) is 0 Å². The van der Waals surface area contributed by atoms with Gasteiger partial charge in [0.05, 0.1) is 22.7 Å². The van der Waals surface area contributed by atoms with Gasteiger partial charge in [-0.1, -0.05) is 0 Å². The van der Waals surface area contributed by atoms with Crippen molar-refractivity contribution in [3.63, 3.8) is 0 Å². The molecular weight excluding hydrogens is 403 g/mol. The van der Waals surface area contributed by atoms with E-state index in [-0.39, 0.29) is 27.4 Å². The van der Waals surface area contributed by atoms with Crippen molar-refractivity contribution in [1.29, 1.82) is 0 Å². The normalized spacial score (nSPS) is 14.2. The Balaban J connectivity index is 3.79. The Morgan fingerprint density at radius 3 is 1.55 bits per heavy atom. The van der Waals surface area contributed by atoms with Crippen LogP contribution in [-0.2, 0) is 13.3 Å². The van der Waals surface area contributed by atoms with E-state index >= 15 is 0 Å². The van der Waals surface area contributed by atoms with Crippen molar-refractivity contribution in [3.8, 4) is 11.5 Å². The summed E-state index contributed by atoms with van der Waals surface area (Å²) < 4.78 is 22.9. The zero-order valence-corrected chi connectivity index (χ0v) is 22.4. The zero-order chi connectivity index (χ0) is 22.9. The molecule has 1 aromatic rings. The highest BCUT2D eigenvalue weighted by molar-refractivity contribution is 7.87. The maximum Gasteiger partial charge on any atom is 0.539 e. The molecule has 168 valence electrons. The number of aromatic hydroxyl groups is 1. The fraction of sp³-hybridized carbons (Fsp3) is 0.727. The van der Waals surface area contributed by atoms with Crippen molar-refractivity contribution in [1.82, 2.24) is 0 Å². The minimum absolute atomic E-state index is 0.0201. The lowest BCUT2D eigenvalue weighted by Gasteiger charge is -2.54. The van der Waals surface area contributed by atoms with Crippen LogP contribution >= 0.6 is 7.26 Å². The molecule has 0 aliphatic heterocycles. The van der Waals surface area contributed by atoms with Gasteiger partial charge in [-0.3, -0.25) is 0 Å². The topological polar surface area (TPSA) is 57.2 Å². The third-order valence-corrected chi connectivity index (χ3v) is 15.1. The van der Waals surface area contributed by atoms with Crippen LogP contribution in [0.15, 0.2) is 18.2 Å². The molecule has 1 N–H and O–H groups in total. The first-order valence-corrected chi connectivity index (χ1v) is 13.8. The summed E-state index contributed by atoms with van der Waals surface area (Å²) in [5, 5.41) is 11.5. The molecule has 1 rings (SSSR count). The maximum absolute atomic E-state index is 10.5. The monoisotopic (exact) mass is 445 g/mol. The lowest BCUT2D eigenvalue weighted by atomic mass is 10.2. The van der Waals surface area contributed by atoms with Gasteiger partial charge in [0.1, 0.15) is 11.1 Å². The first-order valence-electron chi connectivity index (χ1n) is 10.0. The summed E-state index contributed by atoms with van der Waals surface area (Å²) in [6, 6.07) is 5.44. The molecule has 0 unspecified atom stereocenters. The molecule has 0 bridgehead atoms. The van der Waals surface area contributed by atoms with Crippen LogP contribution in [0.4, 0.5) is 0 Å². The van der Waals surface area contributed by atoms with Gasteiger partial charge in [0.2, 0.25) is 0 Å². The van der Waals surface area contributed by atoms with Crippen molar-refractivity contribution in [2.75, 3.05) is 27.6 Å². The lowest BCUT2D eigenvalue weighted by molar-refractivity contribution is 0.100. The molecule has 29 heavy (non-hydrogen) atoms. The smallest absolute Gasteiger partial charge is 0.508 e. The number of ether oxygens (including phenoxy) is 1. The third kappa shape index (κ3) is 4.82. The fourth-order valence-corrected chi connectivity index (χ4v) is 15.8. The van der Waals surface area contributed by atoms with E-state index in [4.69, 9.17) is 18.0 Å². The minimum Gasteiger partial charge on any atom is -0.508 e. The quantitative estimate of drug-likeness (QED) is 0.460. The summed E-state index contributed by atoms with van der Waals surface area (Å²) in [5.41, 5.74) is 0. The second-order valence-corrected chi connectivity index (χ2v) is 19.1. The Hall–Kier alpha value is -0.653. The van der Waals surface area contributed by atoms with E-state index in [1.54, 1.807) is 27.4 Å². The molecule has 0 saturated carbocycles. The van der Waals surface area contributed by atoms with Gasteiger partial charge in [-0.2, -0.15) is 0 Å². The standard InChI is InChI=1S/C22H41O5PSi/c1-20(2,3)28(21(4,5)6,22(7,8)9)19-15-17(23)13-14-18(19)27-16-29(24-10,25-11)26-12/h13-15H,16H2,1-12H3/p+1. The molecular formula is C22H42O5PSi+. The van der Waals surface area contributed by atoms with Gasteiger partial charge < -0.3 is 23.1 Å². The highest BCUT2D eigenvalue weighted by atomic mass is 31.2. The Morgan fingerprint density at radius 1 is 0.793 bits per heavy atom. The summed E-state index contributed by atoms with van der Waals surface area (Å²) >= 11 is 0. The van der Waals surface area contributed by atoms with Crippen molar-refractivity contribution < 1.29 is 23.1 Å². The Morgan fingerprint density at radius 2 is 1.21 bits per heavy atom. The summed E-state index contributed by atoms with van der Waals surface area (Å²) in [6.07, 6.45) is 0.201. The third-order valence-electron chi connectivity index (χ3n) is 5.66. The lowest BCUT2D eigenvalue weighted by Crippen LogP contribution is -2.51. The van der Waals surface area contributed by atoms with Crippen LogP contribution in [0.3, 0.4) is 0 Å². The van der Waals surface area contributed by atoms with Crippen LogP contribution in [0, 0.1) is 0 Å². The molecule has 0 aromatic heterocycles. The average molecular weight is 446 g/mol. The second-order valence-electron chi connectivity index (χ2n) is 10.4. The highest BCUT2D eigenvalue weighted by Crippen LogP contribution is 2.83. The predicted octanol–water partition coefficient (Wildman–Crippen LogP) is 5.23. The number of phenolic OH excluding ortho intramolecular Hbond substituents is 1. The number of benzene rings is 1. The van der Waals surface area contributed by atoms with Crippen LogP contribution in [0.1, 0.15) is 62.3 Å². The van der Waals surface area contributed by atoms with Crippen molar-refractivity contribution >= 4 is 21.4 Å². The van der Waals surface area contributed by atoms with Gasteiger partial charge in [-0.05, 0) is 74.4 Å². The molecule has 1 aromatic carbocycles. The molecule has 0 radical (unpaired) electrons. The van der Waals surface area contributed by atoms with Crippen LogP contribution in [-0.4, -0.2) is 56.9 Å². The van der Waals surface area contributed by atoms with Crippen LogP contribution in [0.25, 0.3) is 0 Å². The van der Waals surface area contributed by atoms with Gasteiger partial charge in [0.15, 0.2) is 12.0 Å². The van der Waals surface area contributed by atoms with Gasteiger partial charge in [0, 0.05) is 27.4 Å². The fourth-order valence-electron chi connectivity index (χ4n) is 5.59. The van der Waals surface area contributed by atoms with E-state index in [1.807, 2.05) is 12.1 Å². The van der Waals surface area contributed by atoms with Gasteiger partial charge >= 0.3 is 8.80 Å². The Labute approximate surface area is 179 Å². The molecule has 0 spiro atoms. The van der Waals surface area contributed by atoms with Gasteiger partial charge in [-0.25, -0.2) is 0 Å². The van der Waals surface area contributed by atoms with Crippen molar-refractivity contribution in [2.24, 2.45) is 0 Å². The van der Waals surface area contributed by atoms with Crippen LogP contribution in [0.2, 0.25) is 0 Å². The molecule has 0 amide bonds. The average Bonchev–Trinajstić information content (AvgIpc) is 2.54. The van der Waals surface area contributed by atoms with E-state index < -0.39 is 16.1 Å². The first-order chi connectivity index (χ1) is 13.0. The Kier molecular flexibility index (Phi) is 8.04.